The summed E-state index contributed by atoms with van der Waals surface area (Å²) < 4.78 is 0. The van der Waals surface area contributed by atoms with Crippen LogP contribution in [0, 0.1) is 6.92 Å². The maximum absolute atomic E-state index is 11.8. The molecule has 2 aliphatic carbocycles. The first-order chi connectivity index (χ1) is 7.25. The lowest BCUT2D eigenvalue weighted by atomic mass is 9.89. The maximum atomic E-state index is 11.8. The number of hydrogen-bond acceptors (Lipinski definition) is 2. The highest BCUT2D eigenvalue weighted by Crippen LogP contribution is 2.43. The molecule has 0 N–H and O–H groups in total. The van der Waals surface area contributed by atoms with Gasteiger partial charge in [-0.25, -0.2) is 4.98 Å². The van der Waals surface area contributed by atoms with Crippen molar-refractivity contribution in [3.63, 3.8) is 0 Å². The van der Waals surface area contributed by atoms with E-state index in [0.717, 1.165) is 30.1 Å². The number of rotatable bonds is 1. The van der Waals surface area contributed by atoms with Crippen LogP contribution < -0.4 is 0 Å². The number of hydrogen-bond donors (Lipinski definition) is 0. The fraction of sp³-hybridized carbons (Fsp3) is 0.538. The van der Waals surface area contributed by atoms with Crippen molar-refractivity contribution in [3.8, 4) is 0 Å². The minimum absolute atomic E-state index is 0.252. The van der Waals surface area contributed by atoms with Crippen LogP contribution in [0.25, 0.3) is 0 Å². The van der Waals surface area contributed by atoms with Gasteiger partial charge in [0.2, 0.25) is 0 Å². The molecule has 0 aliphatic heterocycles. The largest absolute Gasteiger partial charge is 0.292 e. The monoisotopic (exact) mass is 201 g/mol. The lowest BCUT2D eigenvalue weighted by Gasteiger charge is -2.18. The lowest BCUT2D eigenvalue weighted by molar-refractivity contribution is 0.0966. The van der Waals surface area contributed by atoms with Crippen LogP contribution in [0.3, 0.4) is 0 Å². The number of carbonyl (C=O) groups excluding carboxylic acids is 1. The molecule has 0 aromatic carbocycles. The highest BCUT2D eigenvalue weighted by Gasteiger charge is 2.30. The number of aryl methyl sites for hydroxylation is 1. The van der Waals surface area contributed by atoms with E-state index in [0.29, 0.717) is 6.42 Å². The van der Waals surface area contributed by atoms with Crippen molar-refractivity contribution in [2.24, 2.45) is 0 Å². The third kappa shape index (κ3) is 1.48. The Balaban J connectivity index is 2.18. The molecule has 1 fully saturated rings. The first-order valence-corrected chi connectivity index (χ1v) is 5.79. The number of carbonyl (C=O) groups is 1. The van der Waals surface area contributed by atoms with E-state index in [1.165, 1.54) is 24.0 Å². The van der Waals surface area contributed by atoms with Gasteiger partial charge in [0.05, 0.1) is 0 Å². The molecule has 3 rings (SSSR count). The first kappa shape index (κ1) is 9.08. The van der Waals surface area contributed by atoms with E-state index in [-0.39, 0.29) is 5.78 Å². The Bertz CT molecular complexity index is 432. The van der Waals surface area contributed by atoms with Crippen molar-refractivity contribution in [1.29, 1.82) is 0 Å². The highest BCUT2D eigenvalue weighted by molar-refractivity contribution is 5.97. The van der Waals surface area contributed by atoms with Gasteiger partial charge in [-0.1, -0.05) is 0 Å². The molecule has 0 spiro atoms. The Labute approximate surface area is 89.7 Å². The first-order valence-electron chi connectivity index (χ1n) is 5.79. The summed E-state index contributed by atoms with van der Waals surface area (Å²) in [6.45, 7) is 1.99. The van der Waals surface area contributed by atoms with E-state index >= 15 is 0 Å². The van der Waals surface area contributed by atoms with Crippen LogP contribution >= 0.6 is 0 Å². The van der Waals surface area contributed by atoms with Crippen LogP contribution in [0.15, 0.2) is 6.07 Å². The molecule has 0 radical (unpaired) electrons. The normalized spacial score (nSPS) is 20.2. The molecule has 0 unspecified atom stereocenters. The van der Waals surface area contributed by atoms with E-state index in [4.69, 9.17) is 0 Å². The van der Waals surface area contributed by atoms with Gasteiger partial charge in [-0.3, -0.25) is 4.79 Å². The molecule has 0 amide bonds. The van der Waals surface area contributed by atoms with Crippen LogP contribution in [0.1, 0.15) is 58.9 Å². The molecule has 1 aromatic rings. The minimum Gasteiger partial charge on any atom is -0.292 e. The summed E-state index contributed by atoms with van der Waals surface area (Å²) in [5.74, 6) is 0.980. The zero-order valence-electron chi connectivity index (χ0n) is 9.05. The average Bonchev–Trinajstić information content (AvgIpc) is 3.02. The summed E-state index contributed by atoms with van der Waals surface area (Å²) in [7, 11) is 0. The number of aromatic nitrogens is 1. The summed E-state index contributed by atoms with van der Waals surface area (Å²) in [6, 6.07) is 2.19. The van der Waals surface area contributed by atoms with Crippen molar-refractivity contribution in [2.75, 3.05) is 0 Å². The van der Waals surface area contributed by atoms with E-state index < -0.39 is 0 Å². The second kappa shape index (κ2) is 3.16. The van der Waals surface area contributed by atoms with Crippen LogP contribution in [-0.4, -0.2) is 10.8 Å². The summed E-state index contributed by atoms with van der Waals surface area (Å²) in [5, 5.41) is 0. The van der Waals surface area contributed by atoms with Crippen LogP contribution in [-0.2, 0) is 6.42 Å². The smallest absolute Gasteiger partial charge is 0.181 e. The lowest BCUT2D eigenvalue weighted by Crippen LogP contribution is -2.16. The number of nitrogens with zero attached hydrogens (tertiary/aromatic N) is 1. The van der Waals surface area contributed by atoms with E-state index in [1.807, 2.05) is 6.92 Å². The van der Waals surface area contributed by atoms with Gasteiger partial charge in [-0.05, 0) is 55.7 Å². The number of Topliss-reactive ketones (excluding diaryl/α,β-unsaturated/α-hetero) is 1. The number of ketones is 1. The fourth-order valence-corrected chi connectivity index (χ4v) is 2.52. The predicted octanol–water partition coefficient (Wildman–Crippen LogP) is 2.79. The van der Waals surface area contributed by atoms with Gasteiger partial charge < -0.3 is 0 Å². The molecular formula is C13H15NO. The molecule has 2 nitrogen and oxygen atoms in total. The fourth-order valence-electron chi connectivity index (χ4n) is 2.52. The van der Waals surface area contributed by atoms with Gasteiger partial charge in [0.15, 0.2) is 5.78 Å². The standard InChI is InChI=1S/C13H15NO/c1-8-7-11(9-5-6-9)10-3-2-4-12(15)13(10)14-8/h7,9H,2-6H2,1H3. The van der Waals surface area contributed by atoms with E-state index in [2.05, 4.69) is 11.1 Å². The molecule has 2 heteroatoms. The third-order valence-corrected chi connectivity index (χ3v) is 3.40. The van der Waals surface area contributed by atoms with Crippen LogP contribution in [0.5, 0.6) is 0 Å². The van der Waals surface area contributed by atoms with Crippen molar-refractivity contribution in [2.45, 2.75) is 44.9 Å². The summed E-state index contributed by atoms with van der Waals surface area (Å²) in [6.07, 6.45) is 5.35. The second-order valence-electron chi connectivity index (χ2n) is 4.73. The topological polar surface area (TPSA) is 30.0 Å². The SMILES string of the molecule is Cc1cc(C2CC2)c2c(n1)C(=O)CCC2. The molecule has 1 heterocycles. The summed E-state index contributed by atoms with van der Waals surface area (Å²) in [5.41, 5.74) is 4.47. The zero-order chi connectivity index (χ0) is 10.4. The van der Waals surface area contributed by atoms with Crippen molar-refractivity contribution in [3.05, 3.63) is 28.6 Å². The highest BCUT2D eigenvalue weighted by atomic mass is 16.1. The summed E-state index contributed by atoms with van der Waals surface area (Å²) >= 11 is 0. The predicted molar refractivity (Wildman–Crippen MR) is 58.2 cm³/mol. The van der Waals surface area contributed by atoms with E-state index in [9.17, 15) is 4.79 Å². The van der Waals surface area contributed by atoms with Gasteiger partial charge >= 0.3 is 0 Å². The number of pyridine rings is 1. The molecule has 0 atom stereocenters. The number of fused-ring (bicyclic) bond motifs is 1. The molecular weight excluding hydrogens is 186 g/mol. The van der Waals surface area contributed by atoms with E-state index in [1.54, 1.807) is 0 Å². The molecule has 78 valence electrons. The Morgan fingerprint density at radius 3 is 2.87 bits per heavy atom. The summed E-state index contributed by atoms with van der Waals surface area (Å²) in [4.78, 5) is 16.2. The molecule has 2 aliphatic rings. The molecule has 0 bridgehead atoms. The molecule has 1 aromatic heterocycles. The Morgan fingerprint density at radius 1 is 1.33 bits per heavy atom. The molecule has 1 saturated carbocycles. The van der Waals surface area contributed by atoms with Crippen molar-refractivity contribution in [1.82, 2.24) is 4.98 Å². The van der Waals surface area contributed by atoms with Crippen molar-refractivity contribution >= 4 is 5.78 Å². The Hall–Kier alpha value is -1.18. The Kier molecular flexibility index (Phi) is 1.91. The van der Waals surface area contributed by atoms with Crippen LogP contribution in [0.4, 0.5) is 0 Å². The second-order valence-corrected chi connectivity index (χ2v) is 4.73. The van der Waals surface area contributed by atoms with Crippen LogP contribution in [0.2, 0.25) is 0 Å². The van der Waals surface area contributed by atoms with Gasteiger partial charge in [-0.2, -0.15) is 0 Å². The zero-order valence-corrected chi connectivity index (χ0v) is 9.05. The quantitative estimate of drug-likeness (QED) is 0.699. The molecule has 15 heavy (non-hydrogen) atoms. The van der Waals surface area contributed by atoms with Crippen molar-refractivity contribution < 1.29 is 4.79 Å². The van der Waals surface area contributed by atoms with Gasteiger partial charge in [0.25, 0.3) is 0 Å². The van der Waals surface area contributed by atoms with Gasteiger partial charge in [0.1, 0.15) is 5.69 Å². The Morgan fingerprint density at radius 2 is 2.13 bits per heavy atom. The minimum atomic E-state index is 0.252. The average molecular weight is 201 g/mol. The molecule has 0 saturated heterocycles. The maximum Gasteiger partial charge on any atom is 0.181 e. The third-order valence-electron chi connectivity index (χ3n) is 3.40. The van der Waals surface area contributed by atoms with Gasteiger partial charge in [0, 0.05) is 12.1 Å². The van der Waals surface area contributed by atoms with Gasteiger partial charge in [-0.15, -0.1) is 0 Å².